The summed E-state index contributed by atoms with van der Waals surface area (Å²) in [6.45, 7) is 1.08. The summed E-state index contributed by atoms with van der Waals surface area (Å²) in [5, 5.41) is 0. The second-order valence-electron chi connectivity index (χ2n) is 3.71. The van der Waals surface area contributed by atoms with Crippen LogP contribution in [0.25, 0.3) is 4.85 Å². The van der Waals surface area contributed by atoms with E-state index >= 15 is 0 Å². The van der Waals surface area contributed by atoms with E-state index < -0.39 is 0 Å². The zero-order valence-corrected chi connectivity index (χ0v) is 6.40. The highest BCUT2D eigenvalue weighted by Crippen LogP contribution is 2.41. The van der Waals surface area contributed by atoms with Crippen LogP contribution in [0.1, 0.15) is 38.5 Å². The molecule has 0 unspecified atom stereocenters. The maximum Gasteiger partial charge on any atom is 0.273 e. The monoisotopic (exact) mass is 136 g/mol. The van der Waals surface area contributed by atoms with E-state index in [2.05, 4.69) is 10.9 Å². The van der Waals surface area contributed by atoms with Gasteiger partial charge in [-0.05, 0) is 12.8 Å². The smallest absolute Gasteiger partial charge is 0.0830 e. The molecule has 1 aliphatic carbocycles. The molecule has 0 N–H and O–H groups in total. The van der Waals surface area contributed by atoms with Crippen molar-refractivity contribution in [3.05, 3.63) is 4.85 Å². The topological polar surface area (TPSA) is 4.36 Å². The Morgan fingerprint density at radius 2 is 1.90 bits per heavy atom. The van der Waals surface area contributed by atoms with Crippen LogP contribution in [0.15, 0.2) is 0 Å². The molecule has 54 valence electrons. The van der Waals surface area contributed by atoms with Crippen LogP contribution in [0.3, 0.4) is 0 Å². The highest BCUT2D eigenvalue weighted by Gasteiger charge is 2.40. The van der Waals surface area contributed by atoms with Crippen LogP contribution < -0.4 is 0 Å². The fourth-order valence-electron chi connectivity index (χ4n) is 2.14. The molecule has 0 aromatic rings. The molecule has 1 heteroatoms. The average molecular weight is 136 g/mol. The molecule has 0 radical (unpaired) electrons. The van der Waals surface area contributed by atoms with Gasteiger partial charge >= 0.3 is 0 Å². The van der Waals surface area contributed by atoms with Gasteiger partial charge in [0.15, 0.2) is 0 Å². The molecule has 1 fully saturated rings. The molecule has 0 atom stereocenters. The first-order chi connectivity index (χ1) is 4.91. The van der Waals surface area contributed by atoms with Gasteiger partial charge < -0.3 is 0 Å². The van der Waals surface area contributed by atoms with Crippen molar-refractivity contribution >= 4 is 0 Å². The van der Waals surface area contributed by atoms with Crippen molar-refractivity contribution in [2.75, 3.05) is 6.54 Å². The Morgan fingerprint density at radius 3 is 2.50 bits per heavy atom. The minimum absolute atomic E-state index is 0.595. The van der Waals surface area contributed by atoms with Crippen LogP contribution in [0, 0.1) is 11.5 Å². The molecule has 2 aliphatic rings. The van der Waals surface area contributed by atoms with Crippen LogP contribution in [-0.4, -0.2) is 6.54 Å². The Balaban J connectivity index is 2.01. The lowest BCUT2D eigenvalue weighted by Gasteiger charge is -2.26. The van der Waals surface area contributed by atoms with Gasteiger partial charge in [0.2, 0.25) is 0 Å². The fourth-order valence-corrected chi connectivity index (χ4v) is 2.14. The molecule has 1 aliphatic heterocycles. The Labute approximate surface area is 62.2 Å². The normalized spacial score (nSPS) is 28.0. The number of hydrogen-bond acceptors (Lipinski definition) is 0. The maximum absolute atomic E-state index is 4.21. The summed E-state index contributed by atoms with van der Waals surface area (Å²) in [7, 11) is 0. The molecular formula is C9H14N+. The lowest BCUT2D eigenvalue weighted by Crippen LogP contribution is -2.23. The Kier molecular flexibility index (Phi) is 1.41. The first-order valence-electron chi connectivity index (χ1n) is 4.31. The summed E-state index contributed by atoms with van der Waals surface area (Å²) in [5.41, 5.74) is 0.595. The third kappa shape index (κ3) is 0.923. The van der Waals surface area contributed by atoms with Gasteiger partial charge in [-0.1, -0.05) is 24.1 Å². The number of nitrogens with zero attached hydrogens (tertiary/aromatic N) is 1. The fraction of sp³-hybridized carbons (Fsp3) is 0.889. The standard InChI is InChI=1S/C9H14N/c1-2-4-9(5-3-1)6-7-10-8-9/h1-6,8H2/q+1. The zero-order valence-electron chi connectivity index (χ0n) is 6.40. The first-order valence-corrected chi connectivity index (χ1v) is 4.31. The summed E-state index contributed by atoms with van der Waals surface area (Å²) in [6.07, 6.45) is 8.26. The van der Waals surface area contributed by atoms with Gasteiger partial charge in [-0.3, -0.25) is 0 Å². The molecule has 2 rings (SSSR count). The van der Waals surface area contributed by atoms with Gasteiger partial charge in [-0.2, -0.15) is 0 Å². The van der Waals surface area contributed by atoms with Gasteiger partial charge in [0.1, 0.15) is 0 Å². The lowest BCUT2D eigenvalue weighted by atomic mass is 9.73. The van der Waals surface area contributed by atoms with Gasteiger partial charge in [0.05, 0.1) is 11.8 Å². The van der Waals surface area contributed by atoms with E-state index in [1.54, 1.807) is 0 Å². The second-order valence-corrected chi connectivity index (χ2v) is 3.71. The van der Waals surface area contributed by atoms with E-state index in [9.17, 15) is 0 Å². The highest BCUT2D eigenvalue weighted by atomic mass is 14.7. The van der Waals surface area contributed by atoms with Crippen LogP contribution in [-0.2, 0) is 0 Å². The van der Waals surface area contributed by atoms with E-state index in [1.807, 2.05) is 0 Å². The maximum atomic E-state index is 4.21. The van der Waals surface area contributed by atoms with Crippen molar-refractivity contribution in [1.29, 1.82) is 0 Å². The van der Waals surface area contributed by atoms with Crippen molar-refractivity contribution < 1.29 is 0 Å². The molecular weight excluding hydrogens is 122 g/mol. The molecule has 1 heterocycles. The second kappa shape index (κ2) is 2.27. The molecule has 0 aromatic carbocycles. The molecule has 1 saturated carbocycles. The van der Waals surface area contributed by atoms with Crippen LogP contribution >= 0.6 is 0 Å². The molecule has 0 bridgehead atoms. The van der Waals surface area contributed by atoms with Gasteiger partial charge in [-0.15, -0.1) is 0 Å². The first kappa shape index (κ1) is 6.22. The molecule has 10 heavy (non-hydrogen) atoms. The summed E-state index contributed by atoms with van der Waals surface area (Å²) >= 11 is 0. The third-order valence-electron chi connectivity index (χ3n) is 2.89. The summed E-state index contributed by atoms with van der Waals surface area (Å²) in [4.78, 5) is 4.21. The highest BCUT2D eigenvalue weighted by molar-refractivity contribution is 5.07. The van der Waals surface area contributed by atoms with Crippen LogP contribution in [0.5, 0.6) is 0 Å². The zero-order chi connectivity index (χ0) is 6.86. The van der Waals surface area contributed by atoms with Crippen LogP contribution in [0.4, 0.5) is 0 Å². The van der Waals surface area contributed by atoms with Crippen molar-refractivity contribution in [1.82, 2.24) is 0 Å². The number of rotatable bonds is 0. The Hall–Kier alpha value is -0.510. The molecule has 1 spiro atoms. The Bertz CT molecular complexity index is 167. The van der Waals surface area contributed by atoms with E-state index in [1.165, 1.54) is 32.1 Å². The SMILES string of the molecule is C1#[N+]CC2(C1)CCCCC2. The minimum atomic E-state index is 0.595. The predicted octanol–water partition coefficient (Wildman–Crippen LogP) is 2.67. The Morgan fingerprint density at radius 1 is 1.10 bits per heavy atom. The largest absolute Gasteiger partial charge is 0.273 e. The van der Waals surface area contributed by atoms with E-state index in [-0.39, 0.29) is 0 Å². The summed E-state index contributed by atoms with van der Waals surface area (Å²) in [5.74, 6) is 0. The van der Waals surface area contributed by atoms with Crippen molar-refractivity contribution in [3.8, 4) is 6.07 Å². The van der Waals surface area contributed by atoms with Crippen molar-refractivity contribution in [2.45, 2.75) is 38.5 Å². The van der Waals surface area contributed by atoms with Gasteiger partial charge in [0, 0.05) is 0 Å². The van der Waals surface area contributed by atoms with Gasteiger partial charge in [0.25, 0.3) is 12.6 Å². The molecule has 0 amide bonds. The average Bonchev–Trinajstić information content (AvgIpc) is 2.39. The third-order valence-corrected chi connectivity index (χ3v) is 2.89. The lowest BCUT2D eigenvalue weighted by molar-refractivity contribution is 0.225. The molecule has 0 aromatic heterocycles. The quantitative estimate of drug-likeness (QED) is 0.482. The van der Waals surface area contributed by atoms with Crippen LogP contribution in [0.2, 0.25) is 0 Å². The molecule has 1 nitrogen and oxygen atoms in total. The summed E-state index contributed by atoms with van der Waals surface area (Å²) < 4.78 is 0. The van der Waals surface area contributed by atoms with Crippen molar-refractivity contribution in [2.24, 2.45) is 5.41 Å². The van der Waals surface area contributed by atoms with Gasteiger partial charge in [-0.25, -0.2) is 0 Å². The van der Waals surface area contributed by atoms with Crippen molar-refractivity contribution in [3.63, 3.8) is 0 Å². The predicted molar refractivity (Wildman–Crippen MR) is 42.2 cm³/mol. The van der Waals surface area contributed by atoms with E-state index in [0.29, 0.717) is 5.41 Å². The summed E-state index contributed by atoms with van der Waals surface area (Å²) in [6, 6.07) is 3.11. The minimum Gasteiger partial charge on any atom is -0.0830 e. The number of hydrogen-bond donors (Lipinski definition) is 0. The van der Waals surface area contributed by atoms with E-state index in [4.69, 9.17) is 0 Å². The van der Waals surface area contributed by atoms with E-state index in [0.717, 1.165) is 13.0 Å². The molecule has 0 saturated heterocycles.